The molecule has 18 heavy (non-hydrogen) atoms. The summed E-state index contributed by atoms with van der Waals surface area (Å²) >= 11 is 3.51. The highest BCUT2D eigenvalue weighted by atomic mass is 79.9. The fourth-order valence-electron chi connectivity index (χ4n) is 2.59. The molecule has 98 valence electrons. The molecule has 3 heteroatoms. The first-order valence-electron chi connectivity index (χ1n) is 6.97. The summed E-state index contributed by atoms with van der Waals surface area (Å²) in [6.45, 7) is 2.10. The van der Waals surface area contributed by atoms with Gasteiger partial charge in [-0.05, 0) is 49.1 Å². The molecule has 0 amide bonds. The van der Waals surface area contributed by atoms with Gasteiger partial charge in [-0.2, -0.15) is 0 Å². The van der Waals surface area contributed by atoms with Crippen molar-refractivity contribution in [3.05, 3.63) is 28.2 Å². The Balaban J connectivity index is 1.37. The van der Waals surface area contributed by atoms with Crippen molar-refractivity contribution >= 4 is 15.9 Å². The predicted octanol–water partition coefficient (Wildman–Crippen LogP) is 3.53. The molecule has 1 aliphatic carbocycles. The van der Waals surface area contributed by atoms with Gasteiger partial charge in [-0.3, -0.25) is 0 Å². The molecular formula is C15H20BrNO. The molecule has 1 heterocycles. The summed E-state index contributed by atoms with van der Waals surface area (Å²) in [6, 6.07) is 6.28. The first kappa shape index (κ1) is 12.5. The van der Waals surface area contributed by atoms with Crippen LogP contribution in [0.1, 0.15) is 31.2 Å². The molecule has 0 bridgehead atoms. The molecule has 1 atom stereocenters. The zero-order chi connectivity index (χ0) is 12.4. The zero-order valence-electron chi connectivity index (χ0n) is 10.6. The van der Waals surface area contributed by atoms with Crippen LogP contribution in [0.25, 0.3) is 0 Å². The summed E-state index contributed by atoms with van der Waals surface area (Å²) in [5, 5.41) is 3.52. The van der Waals surface area contributed by atoms with Crippen molar-refractivity contribution in [2.45, 2.75) is 38.2 Å². The molecule has 1 saturated carbocycles. The van der Waals surface area contributed by atoms with Gasteiger partial charge < -0.3 is 10.1 Å². The van der Waals surface area contributed by atoms with Gasteiger partial charge in [0.05, 0.1) is 0 Å². The lowest BCUT2D eigenvalue weighted by molar-refractivity contribution is 0.227. The first-order chi connectivity index (χ1) is 8.81. The van der Waals surface area contributed by atoms with Crippen LogP contribution >= 0.6 is 15.9 Å². The number of hydrogen-bond acceptors (Lipinski definition) is 2. The minimum Gasteiger partial charge on any atom is -0.488 e. The number of halogens is 1. The third kappa shape index (κ3) is 3.27. The van der Waals surface area contributed by atoms with E-state index in [1.54, 1.807) is 0 Å². The lowest BCUT2D eigenvalue weighted by Gasteiger charge is -2.11. The van der Waals surface area contributed by atoms with Crippen LogP contribution in [0.2, 0.25) is 0 Å². The van der Waals surface area contributed by atoms with Crippen LogP contribution in [-0.2, 0) is 6.42 Å². The third-order valence-corrected chi connectivity index (χ3v) is 4.29. The molecule has 1 fully saturated rings. The summed E-state index contributed by atoms with van der Waals surface area (Å²) in [4.78, 5) is 0. The van der Waals surface area contributed by atoms with Crippen molar-refractivity contribution in [3.63, 3.8) is 0 Å². The topological polar surface area (TPSA) is 21.3 Å². The quantitative estimate of drug-likeness (QED) is 0.812. The van der Waals surface area contributed by atoms with Gasteiger partial charge in [0.2, 0.25) is 0 Å². The van der Waals surface area contributed by atoms with Crippen LogP contribution in [0, 0.1) is 5.92 Å². The van der Waals surface area contributed by atoms with Crippen LogP contribution in [-0.4, -0.2) is 19.2 Å². The monoisotopic (exact) mass is 309 g/mol. The average Bonchev–Trinajstić information content (AvgIpc) is 3.08. The van der Waals surface area contributed by atoms with E-state index in [9.17, 15) is 0 Å². The second-order valence-corrected chi connectivity index (χ2v) is 6.40. The maximum Gasteiger partial charge on any atom is 0.123 e. The maximum absolute atomic E-state index is 5.92. The number of fused-ring (bicyclic) bond motifs is 1. The number of nitrogens with one attached hydrogen (secondary N) is 1. The van der Waals surface area contributed by atoms with E-state index in [1.807, 2.05) is 6.07 Å². The van der Waals surface area contributed by atoms with E-state index in [4.69, 9.17) is 4.74 Å². The van der Waals surface area contributed by atoms with Gasteiger partial charge in [-0.1, -0.05) is 28.8 Å². The molecule has 0 radical (unpaired) electrons. The Morgan fingerprint density at radius 1 is 1.33 bits per heavy atom. The minimum atomic E-state index is 0.315. The molecule has 0 saturated heterocycles. The normalized spacial score (nSPS) is 21.7. The molecule has 1 aromatic rings. The van der Waals surface area contributed by atoms with Crippen LogP contribution < -0.4 is 10.1 Å². The van der Waals surface area contributed by atoms with Gasteiger partial charge in [-0.15, -0.1) is 0 Å². The van der Waals surface area contributed by atoms with Crippen molar-refractivity contribution in [1.82, 2.24) is 5.32 Å². The molecule has 1 N–H and O–H groups in total. The lowest BCUT2D eigenvalue weighted by Crippen LogP contribution is -2.30. The fourth-order valence-corrected chi connectivity index (χ4v) is 3.00. The van der Waals surface area contributed by atoms with Gasteiger partial charge in [0.15, 0.2) is 0 Å². The minimum absolute atomic E-state index is 0.315. The Kier molecular flexibility index (Phi) is 3.90. The van der Waals surface area contributed by atoms with E-state index in [1.165, 1.54) is 31.2 Å². The molecular weight excluding hydrogens is 290 g/mol. The van der Waals surface area contributed by atoms with Crippen molar-refractivity contribution in [1.29, 1.82) is 0 Å². The summed E-state index contributed by atoms with van der Waals surface area (Å²) < 4.78 is 7.06. The van der Waals surface area contributed by atoms with E-state index >= 15 is 0 Å². The number of benzene rings is 1. The average molecular weight is 310 g/mol. The second-order valence-electron chi connectivity index (χ2n) is 5.49. The summed E-state index contributed by atoms with van der Waals surface area (Å²) in [5.74, 6) is 2.11. The maximum atomic E-state index is 5.92. The summed E-state index contributed by atoms with van der Waals surface area (Å²) in [6.07, 6.45) is 7.01. The molecule has 1 aromatic carbocycles. The van der Waals surface area contributed by atoms with Crippen LogP contribution in [0.15, 0.2) is 22.7 Å². The van der Waals surface area contributed by atoms with E-state index in [2.05, 4.69) is 33.4 Å². The third-order valence-electron chi connectivity index (χ3n) is 3.80. The SMILES string of the molecule is Brc1ccc2c(c1)CC(CNCCCC1CC1)O2. The van der Waals surface area contributed by atoms with E-state index in [0.717, 1.165) is 35.7 Å². The van der Waals surface area contributed by atoms with Gasteiger partial charge >= 0.3 is 0 Å². The van der Waals surface area contributed by atoms with Crippen molar-refractivity contribution in [2.75, 3.05) is 13.1 Å². The van der Waals surface area contributed by atoms with E-state index < -0.39 is 0 Å². The van der Waals surface area contributed by atoms with E-state index in [-0.39, 0.29) is 0 Å². The highest BCUT2D eigenvalue weighted by Gasteiger charge is 2.23. The second kappa shape index (κ2) is 5.62. The molecule has 1 aliphatic heterocycles. The fraction of sp³-hybridized carbons (Fsp3) is 0.600. The Hall–Kier alpha value is -0.540. The Morgan fingerprint density at radius 2 is 2.22 bits per heavy atom. The van der Waals surface area contributed by atoms with Gasteiger partial charge in [0.25, 0.3) is 0 Å². The Bertz CT molecular complexity index is 417. The molecule has 0 spiro atoms. The first-order valence-corrected chi connectivity index (χ1v) is 7.76. The van der Waals surface area contributed by atoms with Gasteiger partial charge in [-0.25, -0.2) is 0 Å². The molecule has 3 rings (SSSR count). The van der Waals surface area contributed by atoms with Crippen LogP contribution in [0.3, 0.4) is 0 Å². The Labute approximate surface area is 117 Å². The summed E-state index contributed by atoms with van der Waals surface area (Å²) in [7, 11) is 0. The summed E-state index contributed by atoms with van der Waals surface area (Å²) in [5.41, 5.74) is 1.33. The zero-order valence-corrected chi connectivity index (χ0v) is 12.2. The predicted molar refractivity (Wildman–Crippen MR) is 77.1 cm³/mol. The molecule has 0 aromatic heterocycles. The van der Waals surface area contributed by atoms with Gasteiger partial charge in [0.1, 0.15) is 11.9 Å². The van der Waals surface area contributed by atoms with Crippen molar-refractivity contribution < 1.29 is 4.74 Å². The van der Waals surface area contributed by atoms with Gasteiger partial charge in [0, 0.05) is 17.4 Å². The lowest BCUT2D eigenvalue weighted by atomic mass is 10.1. The largest absolute Gasteiger partial charge is 0.488 e. The number of hydrogen-bond donors (Lipinski definition) is 1. The van der Waals surface area contributed by atoms with Crippen LogP contribution in [0.4, 0.5) is 0 Å². The number of rotatable bonds is 6. The smallest absolute Gasteiger partial charge is 0.123 e. The van der Waals surface area contributed by atoms with Crippen molar-refractivity contribution in [2.24, 2.45) is 5.92 Å². The highest BCUT2D eigenvalue weighted by molar-refractivity contribution is 9.10. The Morgan fingerprint density at radius 3 is 3.06 bits per heavy atom. The van der Waals surface area contributed by atoms with Crippen LogP contribution in [0.5, 0.6) is 5.75 Å². The molecule has 2 aliphatic rings. The standard InChI is InChI=1S/C15H20BrNO/c16-13-5-6-15-12(8-13)9-14(18-15)10-17-7-1-2-11-3-4-11/h5-6,8,11,14,17H,1-4,7,9-10H2. The number of ether oxygens (including phenoxy) is 1. The van der Waals surface area contributed by atoms with Crippen molar-refractivity contribution in [3.8, 4) is 5.75 Å². The molecule has 1 unspecified atom stereocenters. The van der Waals surface area contributed by atoms with E-state index in [0.29, 0.717) is 6.10 Å². The highest BCUT2D eigenvalue weighted by Crippen LogP contribution is 2.33. The molecule has 2 nitrogen and oxygen atoms in total.